The highest BCUT2D eigenvalue weighted by molar-refractivity contribution is 4.79. The van der Waals surface area contributed by atoms with Crippen LogP contribution in [0.2, 0.25) is 0 Å². The van der Waals surface area contributed by atoms with E-state index in [-0.39, 0.29) is 18.3 Å². The van der Waals surface area contributed by atoms with Gasteiger partial charge in [0, 0.05) is 12.0 Å². The van der Waals surface area contributed by atoms with Crippen LogP contribution in [-0.4, -0.2) is 31.2 Å². The molecule has 0 spiro atoms. The molecule has 0 radical (unpaired) electrons. The van der Waals surface area contributed by atoms with Crippen molar-refractivity contribution in [3.63, 3.8) is 0 Å². The molecule has 1 aliphatic carbocycles. The van der Waals surface area contributed by atoms with Gasteiger partial charge in [0.25, 0.3) is 0 Å². The van der Waals surface area contributed by atoms with Gasteiger partial charge in [0.15, 0.2) is 6.29 Å². The lowest BCUT2D eigenvalue weighted by Gasteiger charge is -2.33. The van der Waals surface area contributed by atoms with E-state index >= 15 is 0 Å². The lowest BCUT2D eigenvalue weighted by atomic mass is 9.78. The van der Waals surface area contributed by atoms with Crippen molar-refractivity contribution in [1.82, 2.24) is 0 Å². The summed E-state index contributed by atoms with van der Waals surface area (Å²) in [6.07, 6.45) is 11.1. The van der Waals surface area contributed by atoms with Gasteiger partial charge in [-0.3, -0.25) is 0 Å². The van der Waals surface area contributed by atoms with E-state index in [1.807, 2.05) is 13.8 Å². The van der Waals surface area contributed by atoms with Crippen molar-refractivity contribution < 1.29 is 14.6 Å². The molecule has 114 valence electrons. The van der Waals surface area contributed by atoms with Gasteiger partial charge in [0.1, 0.15) is 0 Å². The van der Waals surface area contributed by atoms with Gasteiger partial charge in [0.2, 0.25) is 0 Å². The van der Waals surface area contributed by atoms with Gasteiger partial charge in [-0.15, -0.1) is 0 Å². The van der Waals surface area contributed by atoms with Crippen LogP contribution in [0.5, 0.6) is 0 Å². The van der Waals surface area contributed by atoms with Gasteiger partial charge in [-0.25, -0.2) is 0 Å². The maximum Gasteiger partial charge on any atom is 0.154 e. The Balaban J connectivity index is 2.47. The third-order valence-electron chi connectivity index (χ3n) is 4.28. The van der Waals surface area contributed by atoms with E-state index < -0.39 is 0 Å². The molecule has 0 aromatic rings. The summed E-state index contributed by atoms with van der Waals surface area (Å²) in [5.41, 5.74) is -0.0390. The second kappa shape index (κ2) is 9.73. The zero-order valence-electron chi connectivity index (χ0n) is 12.8. The molecule has 3 heteroatoms. The van der Waals surface area contributed by atoms with Crippen LogP contribution < -0.4 is 0 Å². The minimum absolute atomic E-state index is 0.0390. The Morgan fingerprint density at radius 2 is 1.47 bits per heavy atom. The Bertz CT molecular complexity index is 208. The number of aliphatic hydroxyl groups excluding tert-OH is 1. The number of aliphatic hydroxyl groups is 1. The van der Waals surface area contributed by atoms with Crippen molar-refractivity contribution in [2.24, 2.45) is 5.41 Å². The van der Waals surface area contributed by atoms with Crippen LogP contribution in [0, 0.1) is 5.41 Å². The van der Waals surface area contributed by atoms with Crippen molar-refractivity contribution in [2.75, 3.05) is 19.8 Å². The molecule has 1 aliphatic rings. The zero-order chi connectivity index (χ0) is 14.0. The fourth-order valence-electron chi connectivity index (χ4n) is 2.93. The van der Waals surface area contributed by atoms with E-state index in [2.05, 4.69) is 0 Å². The average molecular weight is 272 g/mol. The lowest BCUT2D eigenvalue weighted by molar-refractivity contribution is -0.155. The number of hydrogen-bond donors (Lipinski definition) is 1. The molecule has 1 rings (SSSR count). The molecule has 1 unspecified atom stereocenters. The third-order valence-corrected chi connectivity index (χ3v) is 4.28. The summed E-state index contributed by atoms with van der Waals surface area (Å²) in [6.45, 7) is 5.46. The normalized spacial score (nSPS) is 22.9. The lowest BCUT2D eigenvalue weighted by Crippen LogP contribution is -2.33. The molecular weight excluding hydrogens is 240 g/mol. The first-order valence-corrected chi connectivity index (χ1v) is 8.06. The number of hydrogen-bond acceptors (Lipinski definition) is 3. The fraction of sp³-hybridized carbons (Fsp3) is 1.00. The summed E-state index contributed by atoms with van der Waals surface area (Å²) in [5, 5.41) is 9.84. The molecule has 3 nitrogen and oxygen atoms in total. The van der Waals surface area contributed by atoms with Crippen molar-refractivity contribution in [3.05, 3.63) is 0 Å². The van der Waals surface area contributed by atoms with Crippen LogP contribution in [-0.2, 0) is 9.47 Å². The van der Waals surface area contributed by atoms with Crippen LogP contribution in [0.15, 0.2) is 0 Å². The topological polar surface area (TPSA) is 38.7 Å². The molecule has 1 saturated carbocycles. The molecule has 0 saturated heterocycles. The maximum absolute atomic E-state index is 9.84. The highest BCUT2D eigenvalue weighted by Crippen LogP contribution is 2.33. The van der Waals surface area contributed by atoms with E-state index in [1.54, 1.807) is 0 Å². The van der Waals surface area contributed by atoms with Crippen molar-refractivity contribution in [3.8, 4) is 0 Å². The van der Waals surface area contributed by atoms with Crippen molar-refractivity contribution in [2.45, 2.75) is 77.9 Å². The Hall–Kier alpha value is -0.120. The molecule has 1 N–H and O–H groups in total. The van der Waals surface area contributed by atoms with Gasteiger partial charge in [-0.1, -0.05) is 44.9 Å². The van der Waals surface area contributed by atoms with Crippen LogP contribution in [0.1, 0.15) is 71.6 Å². The minimum Gasteiger partial charge on any atom is -0.396 e. The highest BCUT2D eigenvalue weighted by atomic mass is 16.7. The number of ether oxygens (including phenoxy) is 2. The monoisotopic (exact) mass is 272 g/mol. The van der Waals surface area contributed by atoms with Crippen LogP contribution >= 0.6 is 0 Å². The molecule has 0 heterocycles. The average Bonchev–Trinajstić information content (AvgIpc) is 2.43. The first-order valence-electron chi connectivity index (χ1n) is 8.06. The second-order valence-electron chi connectivity index (χ2n) is 5.97. The van der Waals surface area contributed by atoms with Crippen LogP contribution in [0.3, 0.4) is 0 Å². The van der Waals surface area contributed by atoms with Crippen molar-refractivity contribution in [1.29, 1.82) is 0 Å². The molecule has 0 aromatic carbocycles. The van der Waals surface area contributed by atoms with E-state index in [1.165, 1.54) is 44.9 Å². The van der Waals surface area contributed by atoms with Crippen LogP contribution in [0.25, 0.3) is 0 Å². The Labute approximate surface area is 118 Å². The maximum atomic E-state index is 9.84. The van der Waals surface area contributed by atoms with Crippen molar-refractivity contribution >= 4 is 0 Å². The van der Waals surface area contributed by atoms with Gasteiger partial charge < -0.3 is 14.6 Å². The predicted molar refractivity (Wildman–Crippen MR) is 78.1 cm³/mol. The van der Waals surface area contributed by atoms with E-state index in [4.69, 9.17) is 9.47 Å². The molecule has 0 aromatic heterocycles. The Morgan fingerprint density at radius 1 is 0.947 bits per heavy atom. The molecule has 19 heavy (non-hydrogen) atoms. The summed E-state index contributed by atoms with van der Waals surface area (Å²) in [4.78, 5) is 0. The standard InChI is InChI=1S/C16H32O3/c1-3-18-15(2)19-14-16(13-17)11-9-7-5-4-6-8-10-12-16/h15,17H,3-14H2,1-2H3. The highest BCUT2D eigenvalue weighted by Gasteiger charge is 2.30. The molecule has 1 fully saturated rings. The van der Waals surface area contributed by atoms with Gasteiger partial charge in [-0.05, 0) is 26.7 Å². The Morgan fingerprint density at radius 3 is 1.95 bits per heavy atom. The summed E-state index contributed by atoms with van der Waals surface area (Å²) >= 11 is 0. The van der Waals surface area contributed by atoms with E-state index in [0.29, 0.717) is 13.2 Å². The smallest absolute Gasteiger partial charge is 0.154 e. The first-order chi connectivity index (χ1) is 9.22. The summed E-state index contributed by atoms with van der Waals surface area (Å²) < 4.78 is 11.2. The van der Waals surface area contributed by atoms with E-state index in [9.17, 15) is 5.11 Å². The molecule has 0 aliphatic heterocycles. The molecule has 1 atom stereocenters. The van der Waals surface area contributed by atoms with Gasteiger partial charge in [-0.2, -0.15) is 0 Å². The zero-order valence-corrected chi connectivity index (χ0v) is 12.8. The van der Waals surface area contributed by atoms with Gasteiger partial charge >= 0.3 is 0 Å². The Kier molecular flexibility index (Phi) is 8.67. The number of rotatable bonds is 6. The summed E-state index contributed by atoms with van der Waals surface area (Å²) in [7, 11) is 0. The van der Waals surface area contributed by atoms with Gasteiger partial charge in [0.05, 0.1) is 13.2 Å². The second-order valence-corrected chi connectivity index (χ2v) is 5.97. The SMILES string of the molecule is CCOC(C)OCC1(CO)CCCCCCCCC1. The first kappa shape index (κ1) is 16.9. The predicted octanol–water partition coefficient (Wildman–Crippen LogP) is 3.89. The molecular formula is C16H32O3. The molecule has 0 amide bonds. The quantitative estimate of drug-likeness (QED) is 0.746. The third kappa shape index (κ3) is 6.73. The fourth-order valence-corrected chi connectivity index (χ4v) is 2.93. The molecule has 0 bridgehead atoms. The largest absolute Gasteiger partial charge is 0.396 e. The minimum atomic E-state index is -0.163. The van der Waals surface area contributed by atoms with Crippen LogP contribution in [0.4, 0.5) is 0 Å². The summed E-state index contributed by atoms with van der Waals surface area (Å²) in [6, 6.07) is 0. The summed E-state index contributed by atoms with van der Waals surface area (Å²) in [5.74, 6) is 0. The van der Waals surface area contributed by atoms with E-state index in [0.717, 1.165) is 12.8 Å².